The highest BCUT2D eigenvalue weighted by Crippen LogP contribution is 2.49. The van der Waals surface area contributed by atoms with Gasteiger partial charge in [0.05, 0.1) is 25.9 Å². The monoisotopic (exact) mass is 370 g/mol. The number of likely N-dealkylation sites (tertiary alicyclic amines) is 1. The van der Waals surface area contributed by atoms with E-state index in [0.717, 1.165) is 26.2 Å². The van der Waals surface area contributed by atoms with Gasteiger partial charge in [0.15, 0.2) is 6.54 Å². The highest BCUT2D eigenvalue weighted by Gasteiger charge is 2.54. The second kappa shape index (κ2) is 9.67. The molecule has 2 rings (SSSR count). The Morgan fingerprint density at radius 1 is 1.23 bits per heavy atom. The van der Waals surface area contributed by atoms with Gasteiger partial charge >= 0.3 is 6.09 Å². The molecule has 2 fully saturated rings. The SMILES string of the molecule is C=[N+](C)CCOCCOCCNC[C@@H]1C2C[C@H]2CN1C(=O)OC(C)(C)C. The maximum absolute atomic E-state index is 12.4. The van der Waals surface area contributed by atoms with Gasteiger partial charge in [-0.1, -0.05) is 0 Å². The Hall–Kier alpha value is -1.18. The first-order chi connectivity index (χ1) is 12.3. The molecule has 3 atom stereocenters. The van der Waals surface area contributed by atoms with Crippen molar-refractivity contribution >= 4 is 12.8 Å². The van der Waals surface area contributed by atoms with Crippen LogP contribution in [0.5, 0.6) is 0 Å². The fourth-order valence-electron chi connectivity index (χ4n) is 3.30. The quantitative estimate of drug-likeness (QED) is 0.336. The van der Waals surface area contributed by atoms with E-state index in [9.17, 15) is 4.79 Å². The number of likely N-dealkylation sites (N-methyl/N-ethyl adjacent to an activating group) is 1. The van der Waals surface area contributed by atoms with Crippen molar-refractivity contribution in [2.75, 3.05) is 59.7 Å². The Morgan fingerprint density at radius 2 is 1.92 bits per heavy atom. The van der Waals surface area contributed by atoms with Crippen LogP contribution < -0.4 is 5.32 Å². The summed E-state index contributed by atoms with van der Waals surface area (Å²) >= 11 is 0. The lowest BCUT2D eigenvalue weighted by atomic mass is 10.2. The molecule has 2 aliphatic rings. The number of fused-ring (bicyclic) bond motifs is 1. The van der Waals surface area contributed by atoms with Crippen molar-refractivity contribution in [2.45, 2.75) is 38.8 Å². The predicted octanol–water partition coefficient (Wildman–Crippen LogP) is 1.21. The van der Waals surface area contributed by atoms with Gasteiger partial charge in [-0.05, 0) is 39.0 Å². The third-order valence-electron chi connectivity index (χ3n) is 4.70. The fourth-order valence-corrected chi connectivity index (χ4v) is 3.30. The summed E-state index contributed by atoms with van der Waals surface area (Å²) in [6, 6.07) is 0.248. The zero-order valence-electron chi connectivity index (χ0n) is 16.8. The third-order valence-corrected chi connectivity index (χ3v) is 4.70. The van der Waals surface area contributed by atoms with Crippen LogP contribution in [0.15, 0.2) is 0 Å². The lowest BCUT2D eigenvalue weighted by Crippen LogP contribution is -2.46. The fraction of sp³-hybridized carbons (Fsp3) is 0.895. The molecule has 1 saturated heterocycles. The molecule has 1 unspecified atom stereocenters. The van der Waals surface area contributed by atoms with E-state index in [-0.39, 0.29) is 12.1 Å². The second-order valence-corrected chi connectivity index (χ2v) is 8.37. The van der Waals surface area contributed by atoms with Crippen molar-refractivity contribution in [3.05, 3.63) is 0 Å². The molecule has 0 aromatic carbocycles. The van der Waals surface area contributed by atoms with E-state index in [1.165, 1.54) is 6.42 Å². The summed E-state index contributed by atoms with van der Waals surface area (Å²) in [6.07, 6.45) is 1.06. The number of amides is 1. The molecule has 0 radical (unpaired) electrons. The highest BCUT2D eigenvalue weighted by atomic mass is 16.6. The number of hydrogen-bond acceptors (Lipinski definition) is 5. The molecule has 1 saturated carbocycles. The van der Waals surface area contributed by atoms with Crippen LogP contribution in [-0.4, -0.2) is 93.6 Å². The van der Waals surface area contributed by atoms with Crippen LogP contribution >= 0.6 is 0 Å². The van der Waals surface area contributed by atoms with Crippen LogP contribution in [0.1, 0.15) is 27.2 Å². The van der Waals surface area contributed by atoms with Crippen molar-refractivity contribution in [2.24, 2.45) is 11.8 Å². The van der Waals surface area contributed by atoms with Gasteiger partial charge in [0, 0.05) is 19.6 Å². The van der Waals surface area contributed by atoms with E-state index in [1.807, 2.05) is 37.3 Å². The normalized spacial score (nSPS) is 24.5. The lowest BCUT2D eigenvalue weighted by Gasteiger charge is -2.30. The Morgan fingerprint density at radius 3 is 2.58 bits per heavy atom. The summed E-state index contributed by atoms with van der Waals surface area (Å²) in [5, 5.41) is 3.42. The Balaban J connectivity index is 1.54. The van der Waals surface area contributed by atoms with E-state index in [0.29, 0.717) is 38.3 Å². The molecule has 1 aliphatic carbocycles. The largest absolute Gasteiger partial charge is 0.444 e. The minimum Gasteiger partial charge on any atom is -0.444 e. The van der Waals surface area contributed by atoms with E-state index in [1.54, 1.807) is 0 Å². The lowest BCUT2D eigenvalue weighted by molar-refractivity contribution is -0.491. The summed E-state index contributed by atoms with van der Waals surface area (Å²) in [7, 11) is 1.92. The minimum absolute atomic E-state index is 0.183. The van der Waals surface area contributed by atoms with Gasteiger partial charge in [-0.25, -0.2) is 9.37 Å². The van der Waals surface area contributed by atoms with Crippen molar-refractivity contribution in [3.8, 4) is 0 Å². The first-order valence-corrected chi connectivity index (χ1v) is 9.65. The van der Waals surface area contributed by atoms with Crippen molar-refractivity contribution in [3.63, 3.8) is 0 Å². The minimum atomic E-state index is -0.444. The van der Waals surface area contributed by atoms with Crippen LogP contribution in [0.3, 0.4) is 0 Å². The molecule has 0 aromatic heterocycles. The van der Waals surface area contributed by atoms with Gasteiger partial charge < -0.3 is 24.4 Å². The zero-order chi connectivity index (χ0) is 19.2. The summed E-state index contributed by atoms with van der Waals surface area (Å²) in [5.41, 5.74) is -0.444. The molecule has 0 spiro atoms. The Bertz CT molecular complexity index is 478. The molecule has 1 N–H and O–H groups in total. The summed E-state index contributed by atoms with van der Waals surface area (Å²) in [5.74, 6) is 1.30. The van der Waals surface area contributed by atoms with Gasteiger partial charge in [-0.15, -0.1) is 0 Å². The molecule has 26 heavy (non-hydrogen) atoms. The zero-order valence-corrected chi connectivity index (χ0v) is 16.8. The van der Waals surface area contributed by atoms with Gasteiger partial charge in [0.1, 0.15) is 26.0 Å². The molecule has 1 aliphatic heterocycles. The van der Waals surface area contributed by atoms with E-state index < -0.39 is 5.60 Å². The number of nitrogens with zero attached hydrogens (tertiary/aromatic N) is 2. The van der Waals surface area contributed by atoms with Crippen LogP contribution in [0, 0.1) is 11.8 Å². The first-order valence-electron chi connectivity index (χ1n) is 9.65. The molecule has 0 aromatic rings. The number of rotatable bonds is 11. The number of carbonyl (C=O) groups excluding carboxylic acids is 1. The third kappa shape index (κ3) is 7.21. The smallest absolute Gasteiger partial charge is 0.410 e. The second-order valence-electron chi connectivity index (χ2n) is 8.37. The molecule has 1 heterocycles. The summed E-state index contributed by atoms with van der Waals surface area (Å²) < 4.78 is 18.4. The average molecular weight is 371 g/mol. The number of carbonyl (C=O) groups is 1. The average Bonchev–Trinajstić information content (AvgIpc) is 3.20. The Kier molecular flexibility index (Phi) is 7.85. The number of piperidine rings is 1. The van der Waals surface area contributed by atoms with Crippen LogP contribution in [0.2, 0.25) is 0 Å². The Labute approximate surface area is 157 Å². The maximum atomic E-state index is 12.4. The standard InChI is InChI=1S/C19H36N3O4/c1-19(2,3)26-18(23)22-14-15-12-16(15)17(22)13-20-6-8-24-10-11-25-9-7-21(4)5/h15-17,20H,4,6-14H2,1-3,5H3/q+1/t15-,16?,17+/m0/s1. The molecule has 150 valence electrons. The van der Waals surface area contributed by atoms with E-state index in [4.69, 9.17) is 14.2 Å². The van der Waals surface area contributed by atoms with E-state index >= 15 is 0 Å². The highest BCUT2D eigenvalue weighted by molar-refractivity contribution is 5.69. The van der Waals surface area contributed by atoms with Gasteiger partial charge in [0.2, 0.25) is 0 Å². The molecule has 0 bridgehead atoms. The number of hydrogen-bond donors (Lipinski definition) is 1. The topological polar surface area (TPSA) is 63.0 Å². The molecule has 7 nitrogen and oxygen atoms in total. The van der Waals surface area contributed by atoms with Gasteiger partial charge in [-0.3, -0.25) is 0 Å². The molecular formula is C19H36N3O4+. The number of ether oxygens (including phenoxy) is 3. The molecule has 1 amide bonds. The predicted molar refractivity (Wildman–Crippen MR) is 101 cm³/mol. The van der Waals surface area contributed by atoms with E-state index in [2.05, 4.69) is 12.0 Å². The van der Waals surface area contributed by atoms with Crippen LogP contribution in [0.4, 0.5) is 4.79 Å². The van der Waals surface area contributed by atoms with Crippen molar-refractivity contribution in [1.29, 1.82) is 0 Å². The maximum Gasteiger partial charge on any atom is 0.410 e. The number of nitrogens with one attached hydrogen (secondary N) is 1. The van der Waals surface area contributed by atoms with Gasteiger partial charge in [0.25, 0.3) is 0 Å². The van der Waals surface area contributed by atoms with Crippen LogP contribution in [-0.2, 0) is 14.2 Å². The summed E-state index contributed by atoms with van der Waals surface area (Å²) in [4.78, 5) is 14.3. The van der Waals surface area contributed by atoms with Gasteiger partial charge in [-0.2, -0.15) is 0 Å². The molecular weight excluding hydrogens is 334 g/mol. The van der Waals surface area contributed by atoms with Crippen LogP contribution in [0.25, 0.3) is 0 Å². The van der Waals surface area contributed by atoms with Crippen molar-refractivity contribution < 1.29 is 23.6 Å². The first kappa shape index (κ1) is 21.1. The summed E-state index contributed by atoms with van der Waals surface area (Å²) in [6.45, 7) is 15.2. The van der Waals surface area contributed by atoms with Crippen molar-refractivity contribution in [1.82, 2.24) is 10.2 Å². The molecule has 7 heteroatoms.